The fourth-order valence-corrected chi connectivity index (χ4v) is 4.19. The number of nitrogens with zero attached hydrogens (tertiary/aromatic N) is 3. The van der Waals surface area contributed by atoms with Crippen molar-refractivity contribution in [1.82, 2.24) is 15.1 Å². The van der Waals surface area contributed by atoms with Crippen LogP contribution >= 0.6 is 11.6 Å². The molecular weight excluding hydrogens is 440 g/mol. The Hall–Kier alpha value is -3.32. The molecule has 33 heavy (non-hydrogen) atoms. The van der Waals surface area contributed by atoms with Crippen molar-refractivity contribution < 1.29 is 9.53 Å². The highest BCUT2D eigenvalue weighted by Gasteiger charge is 2.26. The molecule has 1 fully saturated rings. The lowest BCUT2D eigenvalue weighted by molar-refractivity contribution is -0.125. The molecule has 0 bridgehead atoms. The Morgan fingerprint density at radius 1 is 1.12 bits per heavy atom. The van der Waals surface area contributed by atoms with Gasteiger partial charge in [0.2, 0.25) is 5.91 Å². The number of nitrogens with one attached hydrogen (secondary N) is 1. The summed E-state index contributed by atoms with van der Waals surface area (Å²) >= 11 is 6.07. The summed E-state index contributed by atoms with van der Waals surface area (Å²) in [6, 6.07) is 18.0. The summed E-state index contributed by atoms with van der Waals surface area (Å²) in [7, 11) is 0. The van der Waals surface area contributed by atoms with Crippen molar-refractivity contribution in [2.45, 2.75) is 26.3 Å². The van der Waals surface area contributed by atoms with Gasteiger partial charge < -0.3 is 15.0 Å². The average Bonchev–Trinajstić information content (AvgIpc) is 2.84. The number of hydrogen-bond acceptors (Lipinski definition) is 5. The Morgan fingerprint density at radius 2 is 1.91 bits per heavy atom. The van der Waals surface area contributed by atoms with Crippen LogP contribution in [0.3, 0.4) is 0 Å². The predicted octanol–water partition coefficient (Wildman–Crippen LogP) is 3.82. The van der Waals surface area contributed by atoms with E-state index in [1.165, 1.54) is 10.7 Å². The third-order valence-corrected chi connectivity index (χ3v) is 5.99. The highest BCUT2D eigenvalue weighted by atomic mass is 35.5. The molecule has 0 saturated carbocycles. The normalized spacial score (nSPS) is 14.2. The SMILES string of the molecule is CCOc1ccccc1CNC(=O)C1CCN(c2ccc(=O)n(-c3cccc(Cl)c3)n2)CC1. The predicted molar refractivity (Wildman–Crippen MR) is 129 cm³/mol. The molecule has 0 atom stereocenters. The Bertz CT molecular complexity index is 1170. The van der Waals surface area contributed by atoms with E-state index in [9.17, 15) is 9.59 Å². The molecule has 1 aliphatic rings. The van der Waals surface area contributed by atoms with Crippen molar-refractivity contribution >= 4 is 23.3 Å². The van der Waals surface area contributed by atoms with Crippen LogP contribution in [0.25, 0.3) is 5.69 Å². The van der Waals surface area contributed by atoms with Crippen molar-refractivity contribution in [2.24, 2.45) is 5.92 Å². The first kappa shape index (κ1) is 22.9. The van der Waals surface area contributed by atoms with Crippen LogP contribution in [0.15, 0.2) is 65.5 Å². The number of para-hydroxylation sites is 1. The number of carbonyl (C=O) groups excluding carboxylic acids is 1. The van der Waals surface area contributed by atoms with Crippen LogP contribution in [-0.2, 0) is 11.3 Å². The van der Waals surface area contributed by atoms with Gasteiger partial charge in [-0.2, -0.15) is 4.68 Å². The van der Waals surface area contributed by atoms with Crippen LogP contribution in [0.1, 0.15) is 25.3 Å². The molecular formula is C25H27ClN4O3. The summed E-state index contributed by atoms with van der Waals surface area (Å²) < 4.78 is 6.99. The maximum absolute atomic E-state index is 12.8. The Labute approximate surface area is 197 Å². The largest absolute Gasteiger partial charge is 0.494 e. The molecule has 0 spiro atoms. The minimum absolute atomic E-state index is 0.0535. The molecule has 2 aromatic carbocycles. The second kappa shape index (κ2) is 10.5. The second-order valence-corrected chi connectivity index (χ2v) is 8.38. The minimum atomic E-state index is -0.220. The fraction of sp³-hybridized carbons (Fsp3) is 0.320. The van der Waals surface area contributed by atoms with Gasteiger partial charge in [0.05, 0.1) is 12.3 Å². The summed E-state index contributed by atoms with van der Waals surface area (Å²) in [5, 5.41) is 8.14. The highest BCUT2D eigenvalue weighted by Crippen LogP contribution is 2.23. The summed E-state index contributed by atoms with van der Waals surface area (Å²) in [5.41, 5.74) is 1.37. The van der Waals surface area contributed by atoms with Gasteiger partial charge in [0, 0.05) is 42.2 Å². The first-order valence-electron chi connectivity index (χ1n) is 11.1. The standard InChI is InChI=1S/C25H27ClN4O3/c1-2-33-22-9-4-3-6-19(22)17-27-25(32)18-12-14-29(15-13-18)23-10-11-24(31)30(28-23)21-8-5-7-20(26)16-21/h3-11,16,18H,2,12-15,17H2,1H3,(H,27,32). The number of piperidine rings is 1. The van der Waals surface area contributed by atoms with Gasteiger partial charge in [-0.15, -0.1) is 5.10 Å². The van der Waals surface area contributed by atoms with Crippen LogP contribution in [0.4, 0.5) is 5.82 Å². The van der Waals surface area contributed by atoms with Gasteiger partial charge in [0.1, 0.15) is 11.6 Å². The Kier molecular flexibility index (Phi) is 7.29. The number of amides is 1. The van der Waals surface area contributed by atoms with Gasteiger partial charge in [-0.05, 0) is 50.1 Å². The fourth-order valence-electron chi connectivity index (χ4n) is 4.01. The monoisotopic (exact) mass is 466 g/mol. The number of anilines is 1. The van der Waals surface area contributed by atoms with E-state index in [1.807, 2.05) is 31.2 Å². The van der Waals surface area contributed by atoms with E-state index in [2.05, 4.69) is 15.3 Å². The summed E-state index contributed by atoms with van der Waals surface area (Å²) in [5.74, 6) is 1.51. The lowest BCUT2D eigenvalue weighted by Gasteiger charge is -2.32. The quantitative estimate of drug-likeness (QED) is 0.573. The van der Waals surface area contributed by atoms with Crippen molar-refractivity contribution in [3.05, 3.63) is 81.6 Å². The lowest BCUT2D eigenvalue weighted by atomic mass is 9.96. The van der Waals surface area contributed by atoms with E-state index in [0.717, 1.165) is 24.2 Å². The molecule has 7 nitrogen and oxygen atoms in total. The van der Waals surface area contributed by atoms with Gasteiger partial charge >= 0.3 is 0 Å². The van der Waals surface area contributed by atoms with Crippen molar-refractivity contribution in [2.75, 3.05) is 24.6 Å². The summed E-state index contributed by atoms with van der Waals surface area (Å²) in [6.45, 7) is 4.35. The number of rotatable bonds is 7. The van der Waals surface area contributed by atoms with E-state index in [0.29, 0.717) is 42.8 Å². The average molecular weight is 467 g/mol. The molecule has 3 aromatic rings. The van der Waals surface area contributed by atoms with Gasteiger partial charge in [0.15, 0.2) is 0 Å². The molecule has 2 heterocycles. The first-order chi connectivity index (χ1) is 16.0. The maximum atomic E-state index is 12.8. The van der Waals surface area contributed by atoms with Gasteiger partial charge in [-0.3, -0.25) is 9.59 Å². The number of ether oxygens (including phenoxy) is 1. The molecule has 1 amide bonds. The van der Waals surface area contributed by atoms with Crippen LogP contribution in [0.5, 0.6) is 5.75 Å². The zero-order valence-electron chi connectivity index (χ0n) is 18.5. The molecule has 0 radical (unpaired) electrons. The number of aromatic nitrogens is 2. The van der Waals surface area contributed by atoms with E-state index in [4.69, 9.17) is 16.3 Å². The zero-order valence-corrected chi connectivity index (χ0v) is 19.3. The van der Waals surface area contributed by atoms with Gasteiger partial charge in [-0.1, -0.05) is 35.9 Å². The number of hydrogen-bond donors (Lipinski definition) is 1. The smallest absolute Gasteiger partial charge is 0.271 e. The topological polar surface area (TPSA) is 76.5 Å². The molecule has 1 aliphatic heterocycles. The molecule has 0 unspecified atom stereocenters. The van der Waals surface area contributed by atoms with Crippen LogP contribution in [0.2, 0.25) is 5.02 Å². The highest BCUT2D eigenvalue weighted by molar-refractivity contribution is 6.30. The van der Waals surface area contributed by atoms with Crippen molar-refractivity contribution in [3.63, 3.8) is 0 Å². The van der Waals surface area contributed by atoms with Crippen LogP contribution < -0.4 is 20.5 Å². The third-order valence-electron chi connectivity index (χ3n) is 5.75. The molecule has 1 aromatic heterocycles. The maximum Gasteiger partial charge on any atom is 0.271 e. The molecule has 0 aliphatic carbocycles. The van der Waals surface area contributed by atoms with Crippen LogP contribution in [-0.4, -0.2) is 35.4 Å². The molecule has 4 rings (SSSR count). The molecule has 172 valence electrons. The lowest BCUT2D eigenvalue weighted by Crippen LogP contribution is -2.41. The number of carbonyl (C=O) groups is 1. The van der Waals surface area contributed by atoms with E-state index in [-0.39, 0.29) is 17.4 Å². The van der Waals surface area contributed by atoms with Crippen molar-refractivity contribution in [1.29, 1.82) is 0 Å². The summed E-state index contributed by atoms with van der Waals surface area (Å²) in [6.07, 6.45) is 1.44. The van der Waals surface area contributed by atoms with E-state index < -0.39 is 0 Å². The van der Waals surface area contributed by atoms with Gasteiger partial charge in [-0.25, -0.2) is 0 Å². The van der Waals surface area contributed by atoms with E-state index >= 15 is 0 Å². The van der Waals surface area contributed by atoms with Crippen molar-refractivity contribution in [3.8, 4) is 11.4 Å². The third kappa shape index (κ3) is 5.54. The second-order valence-electron chi connectivity index (χ2n) is 7.94. The molecule has 1 N–H and O–H groups in total. The Balaban J connectivity index is 1.37. The molecule has 8 heteroatoms. The minimum Gasteiger partial charge on any atom is -0.494 e. The summed E-state index contributed by atoms with van der Waals surface area (Å²) in [4.78, 5) is 27.2. The molecule has 1 saturated heterocycles. The number of halogens is 1. The van der Waals surface area contributed by atoms with E-state index in [1.54, 1.807) is 30.3 Å². The zero-order chi connectivity index (χ0) is 23.2. The Morgan fingerprint density at radius 3 is 2.67 bits per heavy atom. The first-order valence-corrected chi connectivity index (χ1v) is 11.5. The van der Waals surface area contributed by atoms with Gasteiger partial charge in [0.25, 0.3) is 5.56 Å². The number of benzene rings is 2. The van der Waals surface area contributed by atoms with Crippen LogP contribution in [0, 0.1) is 5.92 Å².